The minimum atomic E-state index is -4.47. The number of alkyl halides is 3. The van der Waals surface area contributed by atoms with Crippen molar-refractivity contribution in [2.45, 2.75) is 19.1 Å². The normalized spacial score (nSPS) is 11.4. The van der Waals surface area contributed by atoms with Gasteiger partial charge in [-0.05, 0) is 41.5 Å². The van der Waals surface area contributed by atoms with Crippen molar-refractivity contribution in [3.63, 3.8) is 0 Å². The van der Waals surface area contributed by atoms with E-state index in [9.17, 15) is 18.0 Å². The molecule has 4 nitrogen and oxygen atoms in total. The molecule has 0 saturated heterocycles. The smallest absolute Gasteiger partial charge is 0.352 e. The molecule has 3 rings (SSSR count). The zero-order chi connectivity index (χ0) is 19.4. The molecule has 0 spiro atoms. The van der Waals surface area contributed by atoms with Crippen molar-refractivity contribution < 1.29 is 18.0 Å². The van der Waals surface area contributed by atoms with Crippen LogP contribution in [0.1, 0.15) is 16.8 Å². The molecule has 0 aliphatic rings. The lowest BCUT2D eigenvalue weighted by molar-refractivity contribution is -0.141. The number of carbonyl (C=O) groups excluding carboxylic acids is 1. The molecule has 0 aliphatic carbocycles. The second-order valence-electron chi connectivity index (χ2n) is 5.89. The van der Waals surface area contributed by atoms with Crippen LogP contribution < -0.4 is 5.32 Å². The molecule has 0 aliphatic heterocycles. The summed E-state index contributed by atoms with van der Waals surface area (Å²) in [7, 11) is 0. The van der Waals surface area contributed by atoms with Crippen LogP contribution >= 0.6 is 15.9 Å². The summed E-state index contributed by atoms with van der Waals surface area (Å²) in [5.74, 6) is -0.108. The fourth-order valence-corrected chi connectivity index (χ4v) is 2.70. The molecule has 0 unspecified atom stereocenters. The van der Waals surface area contributed by atoms with Crippen LogP contribution in [0.5, 0.6) is 0 Å². The molecule has 0 radical (unpaired) electrons. The molecule has 140 valence electrons. The van der Waals surface area contributed by atoms with Gasteiger partial charge in [0.1, 0.15) is 0 Å². The Kier molecular flexibility index (Phi) is 5.65. The van der Waals surface area contributed by atoms with Crippen LogP contribution in [-0.2, 0) is 23.9 Å². The number of nitrogens with zero attached hydrogens (tertiary/aromatic N) is 2. The number of carbonyl (C=O) groups is 1. The maximum Gasteiger partial charge on any atom is 0.435 e. The largest absolute Gasteiger partial charge is 0.435 e. The van der Waals surface area contributed by atoms with Crippen LogP contribution in [-0.4, -0.2) is 15.7 Å². The van der Waals surface area contributed by atoms with Gasteiger partial charge in [-0.3, -0.25) is 4.79 Å². The third kappa shape index (κ3) is 5.19. The highest BCUT2D eigenvalue weighted by Gasteiger charge is 2.33. The van der Waals surface area contributed by atoms with Gasteiger partial charge in [0.05, 0.1) is 12.1 Å². The third-order valence-corrected chi connectivity index (χ3v) is 4.38. The first-order valence-corrected chi connectivity index (χ1v) is 8.84. The fourth-order valence-electron chi connectivity index (χ4n) is 2.44. The summed E-state index contributed by atoms with van der Waals surface area (Å²) in [6.45, 7) is 0.336. The number of hydrogen-bond donors (Lipinski definition) is 1. The van der Waals surface area contributed by atoms with E-state index in [2.05, 4.69) is 26.3 Å². The van der Waals surface area contributed by atoms with E-state index in [0.29, 0.717) is 12.2 Å². The molecule has 1 N–H and O–H groups in total. The van der Waals surface area contributed by atoms with Gasteiger partial charge in [-0.2, -0.15) is 18.3 Å². The second-order valence-corrected chi connectivity index (χ2v) is 6.81. The summed E-state index contributed by atoms with van der Waals surface area (Å²) in [4.78, 5) is 12.0. The van der Waals surface area contributed by atoms with Gasteiger partial charge < -0.3 is 5.32 Å². The lowest BCUT2D eigenvalue weighted by atomic mass is 10.1. The van der Waals surface area contributed by atoms with Gasteiger partial charge in [-0.25, -0.2) is 4.68 Å². The maximum atomic E-state index is 12.6. The Balaban J connectivity index is 1.56. The van der Waals surface area contributed by atoms with Crippen LogP contribution in [0.2, 0.25) is 0 Å². The first-order chi connectivity index (χ1) is 12.8. The molecular weight excluding hydrogens is 423 g/mol. The Morgan fingerprint density at radius 3 is 2.22 bits per heavy atom. The molecule has 0 saturated carbocycles. The lowest BCUT2D eigenvalue weighted by Gasteiger charge is -2.07. The summed E-state index contributed by atoms with van der Waals surface area (Å²) in [6.07, 6.45) is -2.93. The monoisotopic (exact) mass is 437 g/mol. The SMILES string of the molecule is O=C(Cc1ccc(Br)cc1)NCc1ccc(-n2ccc(C(F)(F)F)n2)cc1. The third-order valence-electron chi connectivity index (χ3n) is 3.85. The van der Waals surface area contributed by atoms with Gasteiger partial charge in [0.2, 0.25) is 5.91 Å². The predicted octanol–water partition coefficient (Wildman–Crippen LogP) is 4.51. The number of halogens is 4. The zero-order valence-electron chi connectivity index (χ0n) is 14.0. The number of aromatic nitrogens is 2. The molecule has 27 heavy (non-hydrogen) atoms. The Bertz CT molecular complexity index is 919. The maximum absolute atomic E-state index is 12.6. The molecule has 0 bridgehead atoms. The Morgan fingerprint density at radius 1 is 1.00 bits per heavy atom. The van der Waals surface area contributed by atoms with E-state index in [1.54, 1.807) is 24.3 Å². The molecule has 1 aromatic heterocycles. The number of amides is 1. The highest BCUT2D eigenvalue weighted by atomic mass is 79.9. The first kappa shape index (κ1) is 19.2. The summed E-state index contributed by atoms with van der Waals surface area (Å²) < 4.78 is 40.0. The lowest BCUT2D eigenvalue weighted by Crippen LogP contribution is -2.24. The molecular formula is C19H15BrF3N3O. The quantitative estimate of drug-likeness (QED) is 0.637. The molecule has 2 aromatic carbocycles. The van der Waals surface area contributed by atoms with Gasteiger partial charge in [-0.15, -0.1) is 0 Å². The second kappa shape index (κ2) is 7.96. The number of rotatable bonds is 5. The zero-order valence-corrected chi connectivity index (χ0v) is 15.6. The Morgan fingerprint density at radius 2 is 1.63 bits per heavy atom. The number of hydrogen-bond acceptors (Lipinski definition) is 2. The number of nitrogens with one attached hydrogen (secondary N) is 1. The van der Waals surface area contributed by atoms with E-state index in [4.69, 9.17) is 0 Å². The van der Waals surface area contributed by atoms with Gasteiger partial charge in [-0.1, -0.05) is 40.2 Å². The summed E-state index contributed by atoms with van der Waals surface area (Å²) >= 11 is 3.34. The minimum absolute atomic E-state index is 0.108. The van der Waals surface area contributed by atoms with Crippen LogP contribution in [0, 0.1) is 0 Å². The van der Waals surface area contributed by atoms with Crippen molar-refractivity contribution >= 4 is 21.8 Å². The van der Waals surface area contributed by atoms with E-state index >= 15 is 0 Å². The highest BCUT2D eigenvalue weighted by molar-refractivity contribution is 9.10. The molecule has 8 heteroatoms. The van der Waals surface area contributed by atoms with E-state index in [1.165, 1.54) is 10.9 Å². The summed E-state index contributed by atoms with van der Waals surface area (Å²) in [5.41, 5.74) is 1.32. The van der Waals surface area contributed by atoms with Crippen LogP contribution in [0.4, 0.5) is 13.2 Å². The average Bonchev–Trinajstić information content (AvgIpc) is 3.13. The molecule has 1 amide bonds. The van der Waals surface area contributed by atoms with Gasteiger partial charge in [0.15, 0.2) is 5.69 Å². The van der Waals surface area contributed by atoms with Crippen LogP contribution in [0.3, 0.4) is 0 Å². The molecule has 0 atom stereocenters. The van der Waals surface area contributed by atoms with Crippen molar-refractivity contribution in [1.82, 2.24) is 15.1 Å². The summed E-state index contributed by atoms with van der Waals surface area (Å²) in [6, 6.07) is 15.2. The highest BCUT2D eigenvalue weighted by Crippen LogP contribution is 2.27. The van der Waals surface area contributed by atoms with E-state index < -0.39 is 11.9 Å². The van der Waals surface area contributed by atoms with Crippen molar-refractivity contribution in [2.24, 2.45) is 0 Å². The first-order valence-electron chi connectivity index (χ1n) is 8.04. The average molecular weight is 438 g/mol. The minimum Gasteiger partial charge on any atom is -0.352 e. The van der Waals surface area contributed by atoms with Gasteiger partial charge in [0, 0.05) is 17.2 Å². The van der Waals surface area contributed by atoms with Crippen LogP contribution in [0.25, 0.3) is 5.69 Å². The van der Waals surface area contributed by atoms with Crippen molar-refractivity contribution in [3.05, 3.63) is 82.1 Å². The van der Waals surface area contributed by atoms with Crippen molar-refractivity contribution in [3.8, 4) is 5.69 Å². The van der Waals surface area contributed by atoms with Crippen LogP contribution in [0.15, 0.2) is 65.3 Å². The standard InChI is InChI=1S/C19H15BrF3N3O/c20-15-5-1-13(2-6-15)11-18(27)24-12-14-3-7-16(8-4-14)26-10-9-17(25-26)19(21,22)23/h1-10H,11-12H2,(H,24,27). The van der Waals surface area contributed by atoms with E-state index in [0.717, 1.165) is 21.7 Å². The van der Waals surface area contributed by atoms with E-state index in [1.807, 2.05) is 24.3 Å². The molecule has 1 heterocycles. The molecule has 3 aromatic rings. The van der Waals surface area contributed by atoms with Gasteiger partial charge >= 0.3 is 6.18 Å². The van der Waals surface area contributed by atoms with Crippen molar-refractivity contribution in [2.75, 3.05) is 0 Å². The van der Waals surface area contributed by atoms with Crippen molar-refractivity contribution in [1.29, 1.82) is 0 Å². The summed E-state index contributed by atoms with van der Waals surface area (Å²) in [5, 5.41) is 6.35. The topological polar surface area (TPSA) is 46.9 Å². The van der Waals surface area contributed by atoms with Gasteiger partial charge in [0.25, 0.3) is 0 Å². The Hall–Kier alpha value is -2.61. The van der Waals surface area contributed by atoms with E-state index in [-0.39, 0.29) is 12.3 Å². The predicted molar refractivity (Wildman–Crippen MR) is 98.3 cm³/mol. The number of benzene rings is 2. The molecule has 0 fully saturated rings. The fraction of sp³-hybridized carbons (Fsp3) is 0.158. The Labute approximate surface area is 162 Å².